The van der Waals surface area contributed by atoms with Crippen LogP contribution >= 0.6 is 11.8 Å². The Morgan fingerprint density at radius 1 is 1.25 bits per heavy atom. The third-order valence-corrected chi connectivity index (χ3v) is 3.06. The van der Waals surface area contributed by atoms with Crippen molar-refractivity contribution in [2.45, 2.75) is 25.7 Å². The van der Waals surface area contributed by atoms with E-state index in [9.17, 15) is 0 Å². The summed E-state index contributed by atoms with van der Waals surface area (Å²) in [5.74, 6) is 2.20. The van der Waals surface area contributed by atoms with E-state index >= 15 is 0 Å². The van der Waals surface area contributed by atoms with E-state index in [1.54, 1.807) is 6.20 Å². The van der Waals surface area contributed by atoms with Crippen molar-refractivity contribution in [1.29, 1.82) is 0 Å². The molecule has 0 atom stereocenters. The minimum atomic E-state index is 0.711. The van der Waals surface area contributed by atoms with Crippen molar-refractivity contribution < 1.29 is 0 Å². The van der Waals surface area contributed by atoms with Gasteiger partial charge in [-0.05, 0) is 37.0 Å². The maximum absolute atomic E-state index is 5.56. The molecular formula is C12H21N3S. The van der Waals surface area contributed by atoms with Crippen LogP contribution in [0.5, 0.6) is 0 Å². The number of thioether (sulfide) groups is 1. The van der Waals surface area contributed by atoms with Gasteiger partial charge < -0.3 is 11.1 Å². The van der Waals surface area contributed by atoms with Crippen LogP contribution in [0, 0.1) is 0 Å². The van der Waals surface area contributed by atoms with Crippen LogP contribution < -0.4 is 11.1 Å². The van der Waals surface area contributed by atoms with Gasteiger partial charge in [-0.3, -0.25) is 0 Å². The van der Waals surface area contributed by atoms with Gasteiger partial charge in [0.15, 0.2) is 0 Å². The van der Waals surface area contributed by atoms with Crippen LogP contribution in [0.1, 0.15) is 25.7 Å². The topological polar surface area (TPSA) is 50.9 Å². The van der Waals surface area contributed by atoms with Gasteiger partial charge in [0, 0.05) is 6.54 Å². The molecule has 0 unspecified atom stereocenters. The summed E-state index contributed by atoms with van der Waals surface area (Å²) in [7, 11) is 0. The molecule has 3 N–H and O–H groups in total. The number of nitrogens with zero attached hydrogens (tertiary/aromatic N) is 1. The molecule has 1 rings (SSSR count). The second-order valence-corrected chi connectivity index (χ2v) is 4.80. The third kappa shape index (κ3) is 5.85. The molecular weight excluding hydrogens is 218 g/mol. The summed E-state index contributed by atoms with van der Waals surface area (Å²) in [5.41, 5.74) is 6.27. The van der Waals surface area contributed by atoms with Gasteiger partial charge in [0.1, 0.15) is 5.82 Å². The number of anilines is 2. The highest BCUT2D eigenvalue weighted by molar-refractivity contribution is 7.98. The predicted molar refractivity (Wildman–Crippen MR) is 74.0 cm³/mol. The largest absolute Gasteiger partial charge is 0.397 e. The van der Waals surface area contributed by atoms with Crippen molar-refractivity contribution in [3.05, 3.63) is 18.3 Å². The van der Waals surface area contributed by atoms with E-state index < -0.39 is 0 Å². The molecule has 16 heavy (non-hydrogen) atoms. The molecule has 0 amide bonds. The molecule has 0 fully saturated rings. The maximum atomic E-state index is 5.56. The average Bonchev–Trinajstić information content (AvgIpc) is 2.30. The van der Waals surface area contributed by atoms with Gasteiger partial charge in [0.2, 0.25) is 0 Å². The molecule has 90 valence electrons. The molecule has 3 nitrogen and oxygen atoms in total. The second kappa shape index (κ2) is 8.28. The zero-order valence-electron chi connectivity index (χ0n) is 9.91. The smallest absolute Gasteiger partial charge is 0.126 e. The first-order valence-corrected chi connectivity index (χ1v) is 7.16. The normalized spacial score (nSPS) is 10.3. The van der Waals surface area contributed by atoms with Gasteiger partial charge >= 0.3 is 0 Å². The first kappa shape index (κ1) is 13.2. The molecule has 0 aliphatic rings. The molecule has 1 aromatic rings. The Morgan fingerprint density at radius 3 is 2.75 bits per heavy atom. The molecule has 1 aromatic heterocycles. The fraction of sp³-hybridized carbons (Fsp3) is 0.583. The molecule has 0 radical (unpaired) electrons. The van der Waals surface area contributed by atoms with Crippen molar-refractivity contribution in [1.82, 2.24) is 4.98 Å². The lowest BCUT2D eigenvalue weighted by atomic mass is 10.2. The van der Waals surface area contributed by atoms with E-state index in [0.29, 0.717) is 5.69 Å². The van der Waals surface area contributed by atoms with Crippen LogP contribution in [0.25, 0.3) is 0 Å². The summed E-state index contributed by atoms with van der Waals surface area (Å²) < 4.78 is 0. The summed E-state index contributed by atoms with van der Waals surface area (Å²) >= 11 is 1.93. The first-order chi connectivity index (χ1) is 7.83. The number of hydrogen-bond donors (Lipinski definition) is 2. The fourth-order valence-electron chi connectivity index (χ4n) is 1.45. The lowest BCUT2D eigenvalue weighted by molar-refractivity contribution is 0.688. The molecule has 1 heterocycles. The lowest BCUT2D eigenvalue weighted by Gasteiger charge is -2.05. The number of nitrogen functional groups attached to an aromatic ring is 1. The van der Waals surface area contributed by atoms with Crippen molar-refractivity contribution in [3.63, 3.8) is 0 Å². The van der Waals surface area contributed by atoms with Crippen molar-refractivity contribution in [2.75, 3.05) is 29.6 Å². The Labute approximate surface area is 102 Å². The Hall–Kier alpha value is -0.900. The van der Waals surface area contributed by atoms with Gasteiger partial charge in [-0.1, -0.05) is 12.8 Å². The van der Waals surface area contributed by atoms with E-state index in [4.69, 9.17) is 5.73 Å². The molecule has 4 heteroatoms. The van der Waals surface area contributed by atoms with Crippen LogP contribution in [0.3, 0.4) is 0 Å². The van der Waals surface area contributed by atoms with Crippen LogP contribution in [0.15, 0.2) is 18.3 Å². The number of nitrogens with two attached hydrogens (primary N) is 1. The SMILES string of the molecule is CSCCCCCCNc1ccc(N)cn1. The Kier molecular flexibility index (Phi) is 6.81. The molecule has 0 saturated carbocycles. The standard InChI is InChI=1S/C12H21N3S/c1-16-9-5-3-2-4-8-14-12-7-6-11(13)10-15-12/h6-7,10H,2-5,8-9,13H2,1H3,(H,14,15). The monoisotopic (exact) mass is 239 g/mol. The van der Waals surface area contributed by atoms with Crippen LogP contribution in [0.2, 0.25) is 0 Å². The second-order valence-electron chi connectivity index (χ2n) is 3.81. The van der Waals surface area contributed by atoms with Crippen molar-refractivity contribution in [2.24, 2.45) is 0 Å². The van der Waals surface area contributed by atoms with E-state index in [1.807, 2.05) is 23.9 Å². The van der Waals surface area contributed by atoms with E-state index in [0.717, 1.165) is 12.4 Å². The molecule has 0 bridgehead atoms. The maximum Gasteiger partial charge on any atom is 0.126 e. The fourth-order valence-corrected chi connectivity index (χ4v) is 1.94. The summed E-state index contributed by atoms with van der Waals surface area (Å²) in [5, 5.41) is 3.29. The number of nitrogens with one attached hydrogen (secondary N) is 1. The Bertz CT molecular complexity index is 274. The first-order valence-electron chi connectivity index (χ1n) is 5.77. The minimum Gasteiger partial charge on any atom is -0.397 e. The predicted octanol–water partition coefficient (Wildman–Crippen LogP) is 3.00. The van der Waals surface area contributed by atoms with Gasteiger partial charge in [0.25, 0.3) is 0 Å². The van der Waals surface area contributed by atoms with E-state index in [2.05, 4.69) is 16.6 Å². The molecule has 0 aliphatic carbocycles. The zero-order valence-corrected chi connectivity index (χ0v) is 10.7. The molecule has 0 aliphatic heterocycles. The van der Waals surface area contributed by atoms with Crippen LogP contribution in [-0.4, -0.2) is 23.5 Å². The number of rotatable bonds is 8. The summed E-state index contributed by atoms with van der Waals surface area (Å²) in [6, 6.07) is 3.79. The lowest BCUT2D eigenvalue weighted by Crippen LogP contribution is -2.03. The average molecular weight is 239 g/mol. The number of hydrogen-bond acceptors (Lipinski definition) is 4. The molecule has 0 aromatic carbocycles. The van der Waals surface area contributed by atoms with Crippen LogP contribution in [-0.2, 0) is 0 Å². The van der Waals surface area contributed by atoms with Gasteiger partial charge in [-0.25, -0.2) is 4.98 Å². The number of aromatic nitrogens is 1. The van der Waals surface area contributed by atoms with Crippen LogP contribution in [0.4, 0.5) is 11.5 Å². The Morgan fingerprint density at radius 2 is 2.06 bits per heavy atom. The van der Waals surface area contributed by atoms with E-state index in [-0.39, 0.29) is 0 Å². The quantitative estimate of drug-likeness (QED) is 0.685. The number of unbranched alkanes of at least 4 members (excludes halogenated alkanes) is 3. The van der Waals surface area contributed by atoms with Gasteiger partial charge in [0.05, 0.1) is 11.9 Å². The summed E-state index contributed by atoms with van der Waals surface area (Å²) in [6.07, 6.45) is 9.01. The highest BCUT2D eigenvalue weighted by Crippen LogP contribution is 2.07. The highest BCUT2D eigenvalue weighted by Gasteiger charge is 1.93. The number of pyridine rings is 1. The van der Waals surface area contributed by atoms with Crippen molar-refractivity contribution in [3.8, 4) is 0 Å². The highest BCUT2D eigenvalue weighted by atomic mass is 32.2. The zero-order chi connectivity index (χ0) is 11.6. The van der Waals surface area contributed by atoms with E-state index in [1.165, 1.54) is 31.4 Å². The third-order valence-electron chi connectivity index (χ3n) is 2.37. The van der Waals surface area contributed by atoms with Gasteiger partial charge in [-0.2, -0.15) is 11.8 Å². The summed E-state index contributed by atoms with van der Waals surface area (Å²) in [6.45, 7) is 0.996. The minimum absolute atomic E-state index is 0.711. The molecule has 0 spiro atoms. The van der Waals surface area contributed by atoms with Crippen molar-refractivity contribution >= 4 is 23.3 Å². The van der Waals surface area contributed by atoms with Gasteiger partial charge in [-0.15, -0.1) is 0 Å². The summed E-state index contributed by atoms with van der Waals surface area (Å²) in [4.78, 5) is 4.19. The Balaban J connectivity index is 2.01. The molecule has 0 saturated heterocycles.